The van der Waals surface area contributed by atoms with Crippen molar-refractivity contribution in [2.75, 3.05) is 36.8 Å². The third-order valence-electron chi connectivity index (χ3n) is 8.18. The van der Waals surface area contributed by atoms with Gasteiger partial charge in [0.2, 0.25) is 0 Å². The molecule has 0 bridgehead atoms. The molecule has 3 amide bonds. The number of carbonyl (C=O) groups excluding carboxylic acids is 3. The minimum atomic E-state index is -4.67. The van der Waals surface area contributed by atoms with Crippen LogP contribution in [-0.2, 0) is 11.0 Å². The molecule has 2 aromatic carbocycles. The van der Waals surface area contributed by atoms with E-state index in [-0.39, 0.29) is 28.8 Å². The molecule has 0 spiro atoms. The second-order valence-corrected chi connectivity index (χ2v) is 11.4. The molecule has 0 saturated heterocycles. The summed E-state index contributed by atoms with van der Waals surface area (Å²) in [5, 5.41) is 8.39. The number of imidazole rings is 1. The van der Waals surface area contributed by atoms with Gasteiger partial charge in [0.1, 0.15) is 0 Å². The summed E-state index contributed by atoms with van der Waals surface area (Å²) < 4.78 is 42.5. The van der Waals surface area contributed by atoms with Gasteiger partial charge in [-0.15, -0.1) is 0 Å². The first-order chi connectivity index (χ1) is 22.3. The number of nitrogens with one attached hydrogen (secondary N) is 4. The lowest BCUT2D eigenvalue weighted by molar-refractivity contribution is -0.137. The number of rotatable bonds is 10. The molecule has 0 radical (unpaired) electrons. The second-order valence-electron chi connectivity index (χ2n) is 11.4. The van der Waals surface area contributed by atoms with Crippen LogP contribution < -0.4 is 16.0 Å². The Morgan fingerprint density at radius 2 is 1.79 bits per heavy atom. The van der Waals surface area contributed by atoms with Gasteiger partial charge in [-0.25, -0.2) is 4.98 Å². The van der Waals surface area contributed by atoms with Crippen LogP contribution in [-0.4, -0.2) is 63.3 Å². The summed E-state index contributed by atoms with van der Waals surface area (Å²) in [5.74, 6) is -1.33. The Morgan fingerprint density at radius 1 is 1.04 bits per heavy atom. The molecular formula is C34H36F3N7O3. The number of H-pyrrole nitrogens is 1. The van der Waals surface area contributed by atoms with E-state index in [2.05, 4.69) is 44.7 Å². The van der Waals surface area contributed by atoms with Crippen molar-refractivity contribution >= 4 is 40.7 Å². The number of benzene rings is 2. The molecule has 0 unspecified atom stereocenters. The fourth-order valence-corrected chi connectivity index (χ4v) is 5.60. The first kappa shape index (κ1) is 33.2. The van der Waals surface area contributed by atoms with Gasteiger partial charge in [-0.2, -0.15) is 13.2 Å². The standard InChI is InChI=1S/C34H36F3N7O3/c1-6-43(7-2)11-10-38-33(47)30-20(4)28(40-21(30)5)16-27-26-9-8-24(15-29(26)42-32(27)46)41-31(45)22-12-23(34(35,36)37)14-25(13-22)44-17-19(3)39-18-44/h8-9,12-18,40H,6-7,10-11H2,1-5H3,(H,38,47)(H,41,45)(H,42,46). The Labute approximate surface area is 270 Å². The molecule has 47 heavy (non-hydrogen) atoms. The number of aryl methyl sites for hydroxylation is 2. The summed E-state index contributed by atoms with van der Waals surface area (Å²) >= 11 is 0. The molecule has 0 fully saturated rings. The van der Waals surface area contributed by atoms with E-state index in [1.54, 1.807) is 44.3 Å². The van der Waals surface area contributed by atoms with Crippen LogP contribution in [0.15, 0.2) is 48.9 Å². The minimum absolute atomic E-state index is 0.136. The molecule has 0 atom stereocenters. The van der Waals surface area contributed by atoms with E-state index in [0.29, 0.717) is 51.6 Å². The predicted octanol–water partition coefficient (Wildman–Crippen LogP) is 5.96. The number of aromatic amines is 1. The van der Waals surface area contributed by atoms with E-state index in [4.69, 9.17) is 0 Å². The summed E-state index contributed by atoms with van der Waals surface area (Å²) in [7, 11) is 0. The van der Waals surface area contributed by atoms with Gasteiger partial charge in [0.15, 0.2) is 0 Å². The zero-order valence-corrected chi connectivity index (χ0v) is 26.7. The van der Waals surface area contributed by atoms with Gasteiger partial charge in [0, 0.05) is 53.2 Å². The van der Waals surface area contributed by atoms with Crippen molar-refractivity contribution in [3.8, 4) is 5.69 Å². The topological polar surface area (TPSA) is 124 Å². The molecule has 4 aromatic rings. The summed E-state index contributed by atoms with van der Waals surface area (Å²) in [6.07, 6.45) is -0.0596. The van der Waals surface area contributed by atoms with Crippen LogP contribution in [0.1, 0.15) is 68.3 Å². The van der Waals surface area contributed by atoms with Crippen molar-refractivity contribution in [3.05, 3.63) is 93.8 Å². The van der Waals surface area contributed by atoms with Crippen LogP contribution in [0.5, 0.6) is 0 Å². The average molecular weight is 648 g/mol. The van der Waals surface area contributed by atoms with E-state index in [0.717, 1.165) is 31.8 Å². The van der Waals surface area contributed by atoms with E-state index in [1.807, 2.05) is 6.92 Å². The molecule has 5 rings (SSSR count). The van der Waals surface area contributed by atoms with Crippen LogP contribution in [0.2, 0.25) is 0 Å². The lowest BCUT2D eigenvalue weighted by atomic mass is 10.0. The predicted molar refractivity (Wildman–Crippen MR) is 175 cm³/mol. The molecule has 0 aliphatic carbocycles. The molecule has 246 valence electrons. The average Bonchev–Trinajstić information content (AvgIpc) is 3.68. The summed E-state index contributed by atoms with van der Waals surface area (Å²) in [6, 6.07) is 7.85. The van der Waals surface area contributed by atoms with Gasteiger partial charge in [-0.3, -0.25) is 14.4 Å². The van der Waals surface area contributed by atoms with E-state index in [9.17, 15) is 27.6 Å². The maximum atomic E-state index is 13.7. The molecule has 2 aromatic heterocycles. The van der Waals surface area contributed by atoms with Crippen LogP contribution >= 0.6 is 0 Å². The van der Waals surface area contributed by atoms with Crippen LogP contribution in [0.25, 0.3) is 17.3 Å². The Balaban J connectivity index is 1.36. The van der Waals surface area contributed by atoms with E-state index < -0.39 is 17.6 Å². The summed E-state index contributed by atoms with van der Waals surface area (Å²) in [5.41, 5.74) is 3.71. The Kier molecular flexibility index (Phi) is 9.38. The Hall–Kier alpha value is -5.17. The lowest BCUT2D eigenvalue weighted by Gasteiger charge is -2.18. The fourth-order valence-electron chi connectivity index (χ4n) is 5.60. The van der Waals surface area contributed by atoms with Crippen molar-refractivity contribution in [3.63, 3.8) is 0 Å². The van der Waals surface area contributed by atoms with Crippen molar-refractivity contribution in [2.45, 2.75) is 40.8 Å². The molecule has 3 heterocycles. The lowest BCUT2D eigenvalue weighted by Crippen LogP contribution is -2.35. The number of carbonyl (C=O) groups is 3. The highest BCUT2D eigenvalue weighted by Gasteiger charge is 2.32. The Bertz CT molecular complexity index is 1880. The number of nitrogens with zero attached hydrogens (tertiary/aromatic N) is 3. The zero-order chi connectivity index (χ0) is 34.0. The number of anilines is 2. The largest absolute Gasteiger partial charge is 0.416 e. The van der Waals surface area contributed by atoms with Crippen molar-refractivity contribution in [2.24, 2.45) is 0 Å². The number of likely N-dealkylation sites (N-methyl/N-ethyl adjacent to an activating group) is 1. The number of amides is 3. The highest BCUT2D eigenvalue weighted by atomic mass is 19.4. The fraction of sp³-hybridized carbons (Fsp3) is 0.294. The molecule has 1 aliphatic heterocycles. The van der Waals surface area contributed by atoms with Gasteiger partial charge in [-0.1, -0.05) is 19.9 Å². The Morgan fingerprint density at radius 3 is 2.45 bits per heavy atom. The minimum Gasteiger partial charge on any atom is -0.358 e. The van der Waals surface area contributed by atoms with Gasteiger partial charge >= 0.3 is 6.18 Å². The number of halogens is 3. The number of hydrogen-bond donors (Lipinski definition) is 4. The molecule has 4 N–H and O–H groups in total. The molecule has 10 nitrogen and oxygen atoms in total. The van der Waals surface area contributed by atoms with Crippen LogP contribution in [0.3, 0.4) is 0 Å². The quantitative estimate of drug-likeness (QED) is 0.158. The third kappa shape index (κ3) is 7.14. The second kappa shape index (κ2) is 13.3. The van der Waals surface area contributed by atoms with Gasteiger partial charge in [0.05, 0.1) is 34.4 Å². The molecular weight excluding hydrogens is 611 g/mol. The van der Waals surface area contributed by atoms with Crippen LogP contribution in [0.4, 0.5) is 24.5 Å². The number of hydrogen-bond acceptors (Lipinski definition) is 5. The molecule has 13 heteroatoms. The number of fused-ring (bicyclic) bond motifs is 1. The molecule has 1 aliphatic rings. The first-order valence-electron chi connectivity index (χ1n) is 15.2. The van der Waals surface area contributed by atoms with Crippen molar-refractivity contribution in [1.29, 1.82) is 0 Å². The maximum absolute atomic E-state index is 13.7. The highest BCUT2D eigenvalue weighted by Crippen LogP contribution is 2.36. The normalized spacial score (nSPS) is 13.6. The van der Waals surface area contributed by atoms with Gasteiger partial charge in [0.25, 0.3) is 17.7 Å². The monoisotopic (exact) mass is 647 g/mol. The van der Waals surface area contributed by atoms with Crippen molar-refractivity contribution < 1.29 is 27.6 Å². The summed E-state index contributed by atoms with van der Waals surface area (Å²) in [4.78, 5) is 48.7. The first-order valence-corrected chi connectivity index (χ1v) is 15.2. The van der Waals surface area contributed by atoms with E-state index >= 15 is 0 Å². The zero-order valence-electron chi connectivity index (χ0n) is 26.7. The maximum Gasteiger partial charge on any atom is 0.416 e. The summed E-state index contributed by atoms with van der Waals surface area (Å²) in [6.45, 7) is 12.5. The number of aromatic nitrogens is 3. The van der Waals surface area contributed by atoms with Gasteiger partial charge < -0.3 is 30.4 Å². The third-order valence-corrected chi connectivity index (χ3v) is 8.18. The molecule has 0 saturated carbocycles. The van der Waals surface area contributed by atoms with Gasteiger partial charge in [-0.05, 0) is 75.8 Å². The highest BCUT2D eigenvalue weighted by molar-refractivity contribution is 6.35. The SMILES string of the molecule is CCN(CC)CCNC(=O)c1c(C)[nH]c(C=C2C(=O)Nc3cc(NC(=O)c4cc(-n5cnc(C)c5)cc(C(F)(F)F)c4)ccc32)c1C. The smallest absolute Gasteiger partial charge is 0.358 e. The van der Waals surface area contributed by atoms with E-state index in [1.165, 1.54) is 17.0 Å². The number of alkyl halides is 3. The van der Waals surface area contributed by atoms with Crippen LogP contribution in [0, 0.1) is 20.8 Å². The van der Waals surface area contributed by atoms with Crippen molar-refractivity contribution in [1.82, 2.24) is 24.8 Å².